The highest BCUT2D eigenvalue weighted by atomic mass is 16.3. The maximum atomic E-state index is 9.20. The Labute approximate surface area is 144 Å². The van der Waals surface area contributed by atoms with Gasteiger partial charge in [0.2, 0.25) is 0 Å². The zero-order chi connectivity index (χ0) is 17.2. The molecule has 0 aliphatic heterocycles. The molecule has 0 fully saturated rings. The van der Waals surface area contributed by atoms with E-state index in [4.69, 9.17) is 5.26 Å². The van der Waals surface area contributed by atoms with Crippen molar-refractivity contribution in [3.05, 3.63) is 0 Å². The molecule has 0 amide bonds. The van der Waals surface area contributed by atoms with Gasteiger partial charge in [0.05, 0.1) is 19.3 Å². The van der Waals surface area contributed by atoms with Crippen LogP contribution in [0.5, 0.6) is 0 Å². The van der Waals surface area contributed by atoms with Crippen LogP contribution in [0, 0.1) is 16.7 Å². The van der Waals surface area contributed by atoms with Gasteiger partial charge in [-0.05, 0) is 6.42 Å². The van der Waals surface area contributed by atoms with Crippen molar-refractivity contribution in [1.29, 1.82) is 5.26 Å². The fourth-order valence-electron chi connectivity index (χ4n) is 2.99. The zero-order valence-corrected chi connectivity index (χ0v) is 15.4. The van der Waals surface area contributed by atoms with E-state index in [-0.39, 0.29) is 13.2 Å². The first-order valence-electron chi connectivity index (χ1n) is 9.87. The average molecular weight is 326 g/mol. The van der Waals surface area contributed by atoms with Crippen molar-refractivity contribution in [2.75, 3.05) is 13.2 Å². The van der Waals surface area contributed by atoms with E-state index < -0.39 is 5.41 Å². The molecule has 0 aromatic carbocycles. The summed E-state index contributed by atoms with van der Waals surface area (Å²) in [5.41, 5.74) is -0.920. The van der Waals surface area contributed by atoms with Crippen molar-refractivity contribution < 1.29 is 10.2 Å². The molecule has 2 N–H and O–H groups in total. The van der Waals surface area contributed by atoms with Crippen LogP contribution >= 0.6 is 0 Å². The third-order valence-corrected chi connectivity index (χ3v) is 4.85. The summed E-state index contributed by atoms with van der Waals surface area (Å²) in [6.07, 6.45) is 18.9. The van der Waals surface area contributed by atoms with E-state index in [1.165, 1.54) is 77.0 Å². The highest BCUT2D eigenvalue weighted by molar-refractivity contribution is 4.98. The molecule has 0 saturated carbocycles. The number of hydrogen-bond acceptors (Lipinski definition) is 3. The molecule has 0 rings (SSSR count). The third-order valence-electron chi connectivity index (χ3n) is 4.85. The molecular weight excluding hydrogens is 286 g/mol. The molecule has 3 heteroatoms. The van der Waals surface area contributed by atoms with E-state index in [2.05, 4.69) is 13.0 Å². The van der Waals surface area contributed by atoms with Gasteiger partial charge in [-0.1, -0.05) is 96.8 Å². The first-order chi connectivity index (χ1) is 11.2. The molecule has 136 valence electrons. The normalized spacial score (nSPS) is 11.6. The number of hydrogen-bond donors (Lipinski definition) is 2. The highest BCUT2D eigenvalue weighted by Gasteiger charge is 2.27. The topological polar surface area (TPSA) is 64.2 Å². The van der Waals surface area contributed by atoms with Gasteiger partial charge in [0.15, 0.2) is 0 Å². The number of aliphatic hydroxyl groups excluding tert-OH is 2. The molecule has 0 atom stereocenters. The van der Waals surface area contributed by atoms with Gasteiger partial charge in [0, 0.05) is 0 Å². The first-order valence-corrected chi connectivity index (χ1v) is 9.87. The van der Waals surface area contributed by atoms with Gasteiger partial charge in [-0.2, -0.15) is 5.26 Å². The molecule has 3 nitrogen and oxygen atoms in total. The standard InChI is InChI=1S/C20H39NO2/c1-2-3-4-5-6-7-8-9-10-11-12-13-14-15-16-20(17-21,18-22)19-23/h22-23H,2-16,18-19H2,1H3. The van der Waals surface area contributed by atoms with Gasteiger partial charge < -0.3 is 10.2 Å². The van der Waals surface area contributed by atoms with Crippen LogP contribution in [0.2, 0.25) is 0 Å². The molecule has 0 bridgehead atoms. The second-order valence-electron chi connectivity index (χ2n) is 7.05. The Morgan fingerprint density at radius 1 is 0.652 bits per heavy atom. The minimum atomic E-state index is -0.920. The van der Waals surface area contributed by atoms with Crippen molar-refractivity contribution >= 4 is 0 Å². The SMILES string of the molecule is CCCCCCCCCCCCCCCCC(C#N)(CO)CO. The fourth-order valence-corrected chi connectivity index (χ4v) is 2.99. The Morgan fingerprint density at radius 3 is 1.30 bits per heavy atom. The summed E-state index contributed by atoms with van der Waals surface area (Å²) in [5, 5.41) is 27.4. The summed E-state index contributed by atoms with van der Waals surface area (Å²) in [6.45, 7) is 1.79. The minimum absolute atomic E-state index is 0.238. The molecule has 0 heterocycles. The van der Waals surface area contributed by atoms with Gasteiger partial charge in [-0.25, -0.2) is 0 Å². The van der Waals surface area contributed by atoms with Crippen molar-refractivity contribution in [2.45, 2.75) is 103 Å². The van der Waals surface area contributed by atoms with Crippen molar-refractivity contribution in [1.82, 2.24) is 0 Å². The Balaban J connectivity index is 3.27. The quantitative estimate of drug-likeness (QED) is 0.354. The third kappa shape index (κ3) is 12.5. The van der Waals surface area contributed by atoms with E-state index in [0.717, 1.165) is 12.8 Å². The summed E-state index contributed by atoms with van der Waals surface area (Å²) in [4.78, 5) is 0. The molecule has 0 aromatic heterocycles. The van der Waals surface area contributed by atoms with Crippen molar-refractivity contribution in [3.8, 4) is 6.07 Å². The van der Waals surface area contributed by atoms with E-state index >= 15 is 0 Å². The molecule has 0 aromatic rings. The zero-order valence-electron chi connectivity index (χ0n) is 15.4. The van der Waals surface area contributed by atoms with Crippen LogP contribution in [0.3, 0.4) is 0 Å². The van der Waals surface area contributed by atoms with Crippen LogP contribution in [-0.4, -0.2) is 23.4 Å². The average Bonchev–Trinajstić information content (AvgIpc) is 2.59. The summed E-state index contributed by atoms with van der Waals surface area (Å²) in [6, 6.07) is 2.06. The van der Waals surface area contributed by atoms with E-state index in [0.29, 0.717) is 6.42 Å². The van der Waals surface area contributed by atoms with Gasteiger partial charge in [-0.3, -0.25) is 0 Å². The Morgan fingerprint density at radius 2 is 1.00 bits per heavy atom. The van der Waals surface area contributed by atoms with Crippen LogP contribution in [0.25, 0.3) is 0 Å². The van der Waals surface area contributed by atoms with Crippen LogP contribution in [-0.2, 0) is 0 Å². The second kappa shape index (κ2) is 16.3. The van der Waals surface area contributed by atoms with Gasteiger partial charge in [0.25, 0.3) is 0 Å². The van der Waals surface area contributed by atoms with Crippen molar-refractivity contribution in [2.24, 2.45) is 5.41 Å². The Bertz CT molecular complexity index is 282. The molecule has 0 unspecified atom stereocenters. The lowest BCUT2D eigenvalue weighted by molar-refractivity contribution is 0.0899. The smallest absolute Gasteiger partial charge is 0.103 e. The molecule has 0 spiro atoms. The maximum absolute atomic E-state index is 9.20. The first kappa shape index (κ1) is 22.4. The predicted octanol–water partition coefficient (Wildman–Crippen LogP) is 5.35. The van der Waals surface area contributed by atoms with Crippen LogP contribution in [0.4, 0.5) is 0 Å². The Hall–Kier alpha value is -0.590. The van der Waals surface area contributed by atoms with Gasteiger partial charge >= 0.3 is 0 Å². The predicted molar refractivity (Wildman–Crippen MR) is 97.1 cm³/mol. The molecule has 0 aliphatic rings. The molecule has 23 heavy (non-hydrogen) atoms. The molecule has 0 saturated heterocycles. The van der Waals surface area contributed by atoms with Crippen LogP contribution in [0.15, 0.2) is 0 Å². The number of nitriles is 1. The van der Waals surface area contributed by atoms with Crippen LogP contribution in [0.1, 0.15) is 103 Å². The maximum Gasteiger partial charge on any atom is 0.103 e. The number of aliphatic hydroxyl groups is 2. The lowest BCUT2D eigenvalue weighted by atomic mass is 9.85. The van der Waals surface area contributed by atoms with Gasteiger partial charge in [0.1, 0.15) is 5.41 Å². The summed E-state index contributed by atoms with van der Waals surface area (Å²) in [7, 11) is 0. The lowest BCUT2D eigenvalue weighted by Crippen LogP contribution is -2.27. The lowest BCUT2D eigenvalue weighted by Gasteiger charge is -2.20. The molecule has 0 radical (unpaired) electrons. The summed E-state index contributed by atoms with van der Waals surface area (Å²) >= 11 is 0. The van der Waals surface area contributed by atoms with Crippen molar-refractivity contribution in [3.63, 3.8) is 0 Å². The van der Waals surface area contributed by atoms with E-state index in [1.54, 1.807) is 0 Å². The summed E-state index contributed by atoms with van der Waals surface area (Å²) < 4.78 is 0. The Kier molecular flexibility index (Phi) is 15.9. The van der Waals surface area contributed by atoms with E-state index in [1.807, 2.05) is 0 Å². The number of unbranched alkanes of at least 4 members (excludes halogenated alkanes) is 13. The second-order valence-corrected chi connectivity index (χ2v) is 7.05. The van der Waals surface area contributed by atoms with E-state index in [9.17, 15) is 10.2 Å². The summed E-state index contributed by atoms with van der Waals surface area (Å²) in [5.74, 6) is 0. The molecule has 0 aliphatic carbocycles. The fraction of sp³-hybridized carbons (Fsp3) is 0.950. The monoisotopic (exact) mass is 325 g/mol. The number of nitrogens with zero attached hydrogens (tertiary/aromatic N) is 1. The highest BCUT2D eigenvalue weighted by Crippen LogP contribution is 2.23. The molecular formula is C20H39NO2. The van der Waals surface area contributed by atoms with Crippen LogP contribution < -0.4 is 0 Å². The number of rotatable bonds is 17. The largest absolute Gasteiger partial charge is 0.395 e. The van der Waals surface area contributed by atoms with Gasteiger partial charge in [-0.15, -0.1) is 0 Å². The minimum Gasteiger partial charge on any atom is -0.395 e.